The Balaban J connectivity index is 1.96. The molecular formula is C20H21F3N2O. The normalized spacial score (nSPS) is 18.1. The second-order valence-corrected chi connectivity index (χ2v) is 6.97. The number of fused-ring (bicyclic) bond motifs is 1. The van der Waals surface area contributed by atoms with Gasteiger partial charge in [-0.05, 0) is 56.4 Å². The van der Waals surface area contributed by atoms with Crippen LogP contribution in [0.25, 0.3) is 16.5 Å². The van der Waals surface area contributed by atoms with Crippen LogP contribution in [0.4, 0.5) is 13.2 Å². The molecule has 1 aromatic carbocycles. The minimum Gasteiger partial charge on any atom is -0.350 e. The van der Waals surface area contributed by atoms with Crippen LogP contribution in [0, 0.1) is 5.92 Å². The number of hydrogen-bond donors (Lipinski definition) is 1. The van der Waals surface area contributed by atoms with E-state index in [2.05, 4.69) is 10.3 Å². The van der Waals surface area contributed by atoms with Crippen LogP contribution in [0.5, 0.6) is 0 Å². The van der Waals surface area contributed by atoms with Crippen molar-refractivity contribution in [1.29, 1.82) is 0 Å². The number of aromatic nitrogens is 1. The maximum Gasteiger partial charge on any atom is 0.392 e. The first-order chi connectivity index (χ1) is 12.3. The highest BCUT2D eigenvalue weighted by Crippen LogP contribution is 2.40. The van der Waals surface area contributed by atoms with Crippen LogP contribution in [0.3, 0.4) is 0 Å². The predicted molar refractivity (Wildman–Crippen MR) is 95.7 cm³/mol. The Morgan fingerprint density at radius 1 is 1.31 bits per heavy atom. The lowest BCUT2D eigenvalue weighted by Crippen LogP contribution is -2.30. The van der Waals surface area contributed by atoms with Crippen molar-refractivity contribution in [3.05, 3.63) is 47.7 Å². The van der Waals surface area contributed by atoms with Crippen LogP contribution in [0.1, 0.15) is 49.0 Å². The summed E-state index contributed by atoms with van der Waals surface area (Å²) in [6, 6.07) is 7.34. The van der Waals surface area contributed by atoms with Gasteiger partial charge in [0, 0.05) is 17.6 Å². The summed E-state index contributed by atoms with van der Waals surface area (Å²) in [5, 5.41) is 3.62. The maximum absolute atomic E-state index is 12.9. The average Bonchev–Trinajstić information content (AvgIpc) is 2.59. The fourth-order valence-electron chi connectivity index (χ4n) is 3.27. The van der Waals surface area contributed by atoms with E-state index in [9.17, 15) is 18.0 Å². The Hall–Kier alpha value is -2.37. The number of carbonyl (C=O) groups is 1. The minimum absolute atomic E-state index is 0.00379. The number of hydrogen-bond acceptors (Lipinski definition) is 2. The number of nitrogens with one attached hydrogen (secondary N) is 1. The summed E-state index contributed by atoms with van der Waals surface area (Å²) in [5.41, 5.74) is 2.92. The highest BCUT2D eigenvalue weighted by atomic mass is 19.4. The van der Waals surface area contributed by atoms with Gasteiger partial charge in [-0.2, -0.15) is 13.2 Å². The molecule has 1 atom stereocenters. The van der Waals surface area contributed by atoms with Crippen molar-refractivity contribution in [2.45, 2.75) is 45.3 Å². The summed E-state index contributed by atoms with van der Waals surface area (Å²) in [6.07, 6.45) is -0.491. The summed E-state index contributed by atoms with van der Waals surface area (Å²) in [4.78, 5) is 16.6. The number of amides is 1. The number of rotatable bonds is 3. The molecule has 0 spiro atoms. The van der Waals surface area contributed by atoms with Crippen LogP contribution in [0.15, 0.2) is 36.5 Å². The Labute approximate surface area is 150 Å². The van der Waals surface area contributed by atoms with E-state index in [0.717, 1.165) is 22.0 Å². The molecule has 6 heteroatoms. The zero-order valence-electron chi connectivity index (χ0n) is 14.7. The highest BCUT2D eigenvalue weighted by molar-refractivity contribution is 6.00. The van der Waals surface area contributed by atoms with Gasteiger partial charge in [-0.25, -0.2) is 0 Å². The molecular weight excluding hydrogens is 341 g/mol. The summed E-state index contributed by atoms with van der Waals surface area (Å²) < 4.78 is 38.7. The third-order valence-electron chi connectivity index (χ3n) is 4.63. The van der Waals surface area contributed by atoms with E-state index in [-0.39, 0.29) is 24.8 Å². The molecule has 26 heavy (non-hydrogen) atoms. The van der Waals surface area contributed by atoms with Crippen molar-refractivity contribution in [2.24, 2.45) is 5.92 Å². The molecule has 3 rings (SSSR count). The largest absolute Gasteiger partial charge is 0.392 e. The minimum atomic E-state index is -4.15. The molecule has 1 aliphatic rings. The van der Waals surface area contributed by atoms with Crippen molar-refractivity contribution < 1.29 is 18.0 Å². The van der Waals surface area contributed by atoms with Gasteiger partial charge in [0.25, 0.3) is 5.91 Å². The number of halogens is 3. The molecule has 0 bridgehead atoms. The van der Waals surface area contributed by atoms with Crippen molar-refractivity contribution in [2.75, 3.05) is 0 Å². The molecule has 1 unspecified atom stereocenters. The smallest absolute Gasteiger partial charge is 0.350 e. The van der Waals surface area contributed by atoms with E-state index < -0.39 is 12.1 Å². The third kappa shape index (κ3) is 3.89. The zero-order chi connectivity index (χ0) is 18.9. The van der Waals surface area contributed by atoms with Gasteiger partial charge >= 0.3 is 6.18 Å². The maximum atomic E-state index is 12.9. The molecule has 1 aliphatic carbocycles. The van der Waals surface area contributed by atoms with E-state index in [4.69, 9.17) is 0 Å². The Kier molecular flexibility index (Phi) is 5.03. The predicted octanol–water partition coefficient (Wildman–Crippen LogP) is 5.12. The monoisotopic (exact) mass is 362 g/mol. The van der Waals surface area contributed by atoms with E-state index >= 15 is 0 Å². The average molecular weight is 362 g/mol. The van der Waals surface area contributed by atoms with Gasteiger partial charge in [0.1, 0.15) is 0 Å². The lowest BCUT2D eigenvalue weighted by Gasteiger charge is -2.24. The Morgan fingerprint density at radius 2 is 2.08 bits per heavy atom. The number of alkyl halides is 3. The molecule has 0 saturated carbocycles. The molecule has 2 aromatic rings. The van der Waals surface area contributed by atoms with Crippen LogP contribution in [-0.4, -0.2) is 23.1 Å². The molecule has 1 heterocycles. The van der Waals surface area contributed by atoms with Crippen LogP contribution in [0.2, 0.25) is 0 Å². The van der Waals surface area contributed by atoms with Crippen molar-refractivity contribution in [3.8, 4) is 0 Å². The standard InChI is InChI=1S/C20H21F3N2O/c1-12(2)25-19(26)14-10-17-16(4-3-5-18(17)24-11-14)13-6-8-15(9-7-13)20(21,22)23/h3-6,10-12,15H,7-9H2,1-2H3,(H,25,26). The number of pyridine rings is 1. The summed E-state index contributed by atoms with van der Waals surface area (Å²) in [7, 11) is 0. The fourth-order valence-corrected chi connectivity index (χ4v) is 3.27. The molecule has 0 saturated heterocycles. The molecule has 1 N–H and O–H groups in total. The van der Waals surface area contributed by atoms with Crippen molar-refractivity contribution >= 4 is 22.4 Å². The topological polar surface area (TPSA) is 42.0 Å². The molecule has 3 nitrogen and oxygen atoms in total. The Morgan fingerprint density at radius 3 is 2.69 bits per heavy atom. The lowest BCUT2D eigenvalue weighted by atomic mass is 9.85. The summed E-state index contributed by atoms with van der Waals surface area (Å²) >= 11 is 0. The fraction of sp³-hybridized carbons (Fsp3) is 0.400. The van der Waals surface area contributed by atoms with Crippen LogP contribution < -0.4 is 5.32 Å². The number of carbonyl (C=O) groups excluding carboxylic acids is 1. The van der Waals surface area contributed by atoms with E-state index in [1.807, 2.05) is 32.0 Å². The third-order valence-corrected chi connectivity index (χ3v) is 4.63. The number of allylic oxidation sites excluding steroid dienone is 2. The van der Waals surface area contributed by atoms with Gasteiger partial charge in [-0.1, -0.05) is 18.2 Å². The van der Waals surface area contributed by atoms with Crippen LogP contribution in [-0.2, 0) is 0 Å². The van der Waals surface area contributed by atoms with Gasteiger partial charge in [0.05, 0.1) is 17.0 Å². The molecule has 0 aliphatic heterocycles. The first kappa shape index (κ1) is 18.4. The van der Waals surface area contributed by atoms with E-state index in [0.29, 0.717) is 12.0 Å². The number of benzene rings is 1. The van der Waals surface area contributed by atoms with Gasteiger partial charge in [0.2, 0.25) is 0 Å². The van der Waals surface area contributed by atoms with E-state index in [1.165, 1.54) is 6.20 Å². The van der Waals surface area contributed by atoms with Gasteiger partial charge in [-0.15, -0.1) is 0 Å². The quantitative estimate of drug-likeness (QED) is 0.823. The number of nitrogens with zero attached hydrogens (tertiary/aromatic N) is 1. The highest BCUT2D eigenvalue weighted by Gasteiger charge is 2.39. The van der Waals surface area contributed by atoms with Gasteiger partial charge in [0.15, 0.2) is 0 Å². The second kappa shape index (κ2) is 7.09. The van der Waals surface area contributed by atoms with Gasteiger partial charge < -0.3 is 5.32 Å². The molecule has 0 radical (unpaired) electrons. The molecule has 1 aromatic heterocycles. The van der Waals surface area contributed by atoms with Gasteiger partial charge in [-0.3, -0.25) is 9.78 Å². The summed E-state index contributed by atoms with van der Waals surface area (Å²) in [6.45, 7) is 3.75. The summed E-state index contributed by atoms with van der Waals surface area (Å²) in [5.74, 6) is -1.48. The lowest BCUT2D eigenvalue weighted by molar-refractivity contribution is -0.175. The second-order valence-electron chi connectivity index (χ2n) is 6.97. The first-order valence-corrected chi connectivity index (χ1v) is 8.71. The first-order valence-electron chi connectivity index (χ1n) is 8.71. The van der Waals surface area contributed by atoms with Crippen molar-refractivity contribution in [1.82, 2.24) is 10.3 Å². The van der Waals surface area contributed by atoms with Crippen molar-refractivity contribution in [3.63, 3.8) is 0 Å². The molecule has 1 amide bonds. The van der Waals surface area contributed by atoms with E-state index in [1.54, 1.807) is 12.1 Å². The Bertz CT molecular complexity index is 856. The zero-order valence-corrected chi connectivity index (χ0v) is 14.7. The SMILES string of the molecule is CC(C)NC(=O)c1cnc2cccc(C3=CCC(C(F)(F)F)CC3)c2c1. The van der Waals surface area contributed by atoms with Crippen LogP contribution >= 0.6 is 0 Å². The molecule has 138 valence electrons. The molecule has 0 fully saturated rings.